The van der Waals surface area contributed by atoms with Gasteiger partial charge in [-0.2, -0.15) is 0 Å². The molecule has 0 rings (SSSR count). The summed E-state index contributed by atoms with van der Waals surface area (Å²) in [4.78, 5) is 0. The number of allylic oxidation sites excluding steroid dienone is 3. The topological polar surface area (TPSA) is 0 Å². The van der Waals surface area contributed by atoms with E-state index in [1.807, 2.05) is 0 Å². The number of unbranched alkanes of at least 4 members (excludes halogenated alkanes) is 3. The molecule has 0 aromatic carbocycles. The fourth-order valence-corrected chi connectivity index (χ4v) is 2.02. The van der Waals surface area contributed by atoms with Gasteiger partial charge in [0.15, 0.2) is 0 Å². The molecule has 0 spiro atoms. The van der Waals surface area contributed by atoms with Gasteiger partial charge < -0.3 is 0 Å². The van der Waals surface area contributed by atoms with E-state index in [9.17, 15) is 0 Å². The van der Waals surface area contributed by atoms with Crippen LogP contribution in [0, 0.1) is 0 Å². The molecule has 0 amide bonds. The summed E-state index contributed by atoms with van der Waals surface area (Å²) >= 11 is 0. The molecule has 0 heteroatoms. The molecule has 0 aromatic rings. The summed E-state index contributed by atoms with van der Waals surface area (Å²) in [6, 6.07) is 0. The Kier molecular flexibility index (Phi) is 10.6. The van der Waals surface area contributed by atoms with Crippen molar-refractivity contribution in [2.24, 2.45) is 0 Å². The molecule has 0 bridgehead atoms. The zero-order valence-corrected chi connectivity index (χ0v) is 11.6. The highest BCUT2D eigenvalue weighted by molar-refractivity contribution is 5.24. The predicted molar refractivity (Wildman–Crippen MR) is 75.8 cm³/mol. The van der Waals surface area contributed by atoms with Crippen LogP contribution in [0.4, 0.5) is 0 Å². The molecule has 16 heavy (non-hydrogen) atoms. The first-order valence-corrected chi connectivity index (χ1v) is 7.13. The summed E-state index contributed by atoms with van der Waals surface area (Å²) in [7, 11) is 0. The Bertz CT molecular complexity index is 188. The van der Waals surface area contributed by atoms with Crippen molar-refractivity contribution in [3.63, 3.8) is 0 Å². The molecule has 0 aliphatic heterocycles. The van der Waals surface area contributed by atoms with Crippen molar-refractivity contribution in [1.82, 2.24) is 0 Å². The Balaban J connectivity index is 4.45. The van der Waals surface area contributed by atoms with E-state index in [0.717, 1.165) is 0 Å². The van der Waals surface area contributed by atoms with Gasteiger partial charge in [0.2, 0.25) is 0 Å². The lowest BCUT2D eigenvalue weighted by Gasteiger charge is -2.12. The van der Waals surface area contributed by atoms with Crippen LogP contribution in [0.25, 0.3) is 0 Å². The van der Waals surface area contributed by atoms with Crippen LogP contribution in [-0.4, -0.2) is 0 Å². The molecule has 0 atom stereocenters. The second kappa shape index (κ2) is 11.0. The fraction of sp³-hybridized carbons (Fsp3) is 0.750. The number of hydrogen-bond acceptors (Lipinski definition) is 0. The summed E-state index contributed by atoms with van der Waals surface area (Å²) in [6.45, 7) is 10.8. The van der Waals surface area contributed by atoms with Gasteiger partial charge in [-0.1, -0.05) is 58.3 Å². The summed E-state index contributed by atoms with van der Waals surface area (Å²) in [5.41, 5.74) is 3.23. The minimum atomic E-state index is 1.24. The lowest BCUT2D eigenvalue weighted by molar-refractivity contribution is 0.693. The average molecular weight is 222 g/mol. The highest BCUT2D eigenvalue weighted by Gasteiger charge is 2.03. The molecule has 0 aliphatic rings. The molecule has 0 saturated heterocycles. The van der Waals surface area contributed by atoms with Crippen LogP contribution in [0.5, 0.6) is 0 Å². The van der Waals surface area contributed by atoms with E-state index in [1.165, 1.54) is 57.8 Å². The third kappa shape index (κ3) is 6.87. The molecule has 0 fully saturated rings. The molecule has 0 nitrogen and oxygen atoms in total. The van der Waals surface area contributed by atoms with Crippen molar-refractivity contribution in [2.75, 3.05) is 0 Å². The Morgan fingerprint density at radius 1 is 0.812 bits per heavy atom. The summed E-state index contributed by atoms with van der Waals surface area (Å²) in [5, 5.41) is 0. The van der Waals surface area contributed by atoms with Gasteiger partial charge in [0.1, 0.15) is 0 Å². The first-order chi connectivity index (χ1) is 7.79. The van der Waals surface area contributed by atoms with Crippen LogP contribution in [0.3, 0.4) is 0 Å². The van der Waals surface area contributed by atoms with Gasteiger partial charge in [0.05, 0.1) is 0 Å². The Labute approximate surface area is 103 Å². The van der Waals surface area contributed by atoms with E-state index in [4.69, 9.17) is 0 Å². The second-order valence-electron chi connectivity index (χ2n) is 4.64. The molecule has 0 aliphatic carbocycles. The normalized spacial score (nSPS) is 10.2. The van der Waals surface area contributed by atoms with Gasteiger partial charge in [-0.15, -0.1) is 0 Å². The lowest BCUT2D eigenvalue weighted by Crippen LogP contribution is -1.92. The van der Waals surface area contributed by atoms with E-state index in [0.29, 0.717) is 0 Å². The van der Waals surface area contributed by atoms with Gasteiger partial charge >= 0.3 is 0 Å². The maximum Gasteiger partial charge on any atom is -0.0280 e. The van der Waals surface area contributed by atoms with Crippen molar-refractivity contribution in [1.29, 1.82) is 0 Å². The molecule has 0 heterocycles. The van der Waals surface area contributed by atoms with Crippen LogP contribution in [0.1, 0.15) is 78.6 Å². The molecule has 0 saturated carbocycles. The van der Waals surface area contributed by atoms with E-state index in [2.05, 4.69) is 33.4 Å². The van der Waals surface area contributed by atoms with Crippen LogP contribution in [0.15, 0.2) is 23.8 Å². The zero-order valence-electron chi connectivity index (χ0n) is 11.6. The summed E-state index contributed by atoms with van der Waals surface area (Å²) < 4.78 is 0. The minimum Gasteiger partial charge on any atom is -0.0988 e. The second-order valence-corrected chi connectivity index (χ2v) is 4.64. The first-order valence-electron chi connectivity index (χ1n) is 7.13. The first kappa shape index (κ1) is 15.5. The Hall–Kier alpha value is -0.520. The molecule has 0 N–H and O–H groups in total. The quantitative estimate of drug-likeness (QED) is 0.395. The largest absolute Gasteiger partial charge is 0.0988 e. The molecule has 94 valence electrons. The van der Waals surface area contributed by atoms with E-state index >= 15 is 0 Å². The summed E-state index contributed by atoms with van der Waals surface area (Å²) in [5.74, 6) is 0. The van der Waals surface area contributed by atoms with Crippen LogP contribution >= 0.6 is 0 Å². The number of rotatable bonds is 10. The molecule has 0 radical (unpaired) electrons. The maximum atomic E-state index is 3.99. The van der Waals surface area contributed by atoms with Gasteiger partial charge in [-0.25, -0.2) is 0 Å². The average Bonchev–Trinajstić information content (AvgIpc) is 2.32. The van der Waals surface area contributed by atoms with E-state index in [-0.39, 0.29) is 0 Å². The standard InChI is InChI=1S/C16H30/c1-5-9-12-15(8-4)16(13-10-6-2)14-11-7-3/h8H,4-7,9-14H2,1-3H3. The van der Waals surface area contributed by atoms with Crippen molar-refractivity contribution < 1.29 is 0 Å². The Morgan fingerprint density at radius 3 is 1.62 bits per heavy atom. The highest BCUT2D eigenvalue weighted by atomic mass is 14.1. The zero-order chi connectivity index (χ0) is 12.2. The number of hydrogen-bond donors (Lipinski definition) is 0. The van der Waals surface area contributed by atoms with Crippen molar-refractivity contribution >= 4 is 0 Å². The summed E-state index contributed by atoms with van der Waals surface area (Å²) in [6.07, 6.45) is 13.8. The molecular formula is C16H30. The molecular weight excluding hydrogens is 192 g/mol. The molecule has 0 aromatic heterocycles. The highest BCUT2D eigenvalue weighted by Crippen LogP contribution is 2.23. The van der Waals surface area contributed by atoms with Gasteiger partial charge in [0.25, 0.3) is 0 Å². The fourth-order valence-electron chi connectivity index (χ4n) is 2.02. The van der Waals surface area contributed by atoms with E-state index in [1.54, 1.807) is 11.1 Å². The van der Waals surface area contributed by atoms with Gasteiger partial charge in [0, 0.05) is 0 Å². The van der Waals surface area contributed by atoms with Gasteiger partial charge in [-0.3, -0.25) is 0 Å². The molecule has 0 unspecified atom stereocenters. The smallest absolute Gasteiger partial charge is 0.0280 e. The van der Waals surface area contributed by atoms with Gasteiger partial charge in [-0.05, 0) is 44.1 Å². The monoisotopic (exact) mass is 222 g/mol. The van der Waals surface area contributed by atoms with Crippen LogP contribution < -0.4 is 0 Å². The maximum absolute atomic E-state index is 3.99. The van der Waals surface area contributed by atoms with E-state index < -0.39 is 0 Å². The lowest BCUT2D eigenvalue weighted by atomic mass is 9.94. The van der Waals surface area contributed by atoms with Crippen molar-refractivity contribution in [3.05, 3.63) is 23.8 Å². The Morgan fingerprint density at radius 2 is 1.25 bits per heavy atom. The minimum absolute atomic E-state index is 1.24. The van der Waals surface area contributed by atoms with Crippen molar-refractivity contribution in [3.8, 4) is 0 Å². The van der Waals surface area contributed by atoms with Crippen LogP contribution in [-0.2, 0) is 0 Å². The third-order valence-corrected chi connectivity index (χ3v) is 3.16. The SMILES string of the molecule is C=CC(CCCC)=C(CCCC)CCCC. The third-order valence-electron chi connectivity index (χ3n) is 3.16. The predicted octanol–water partition coefficient (Wildman–Crippen LogP) is 6.04. The van der Waals surface area contributed by atoms with Crippen LogP contribution in [0.2, 0.25) is 0 Å². The van der Waals surface area contributed by atoms with Crippen molar-refractivity contribution in [2.45, 2.75) is 78.6 Å².